The lowest BCUT2D eigenvalue weighted by Gasteiger charge is -2.38. The molecule has 4 heteroatoms. The Balaban J connectivity index is 1.83. The number of benzene rings is 1. The van der Waals surface area contributed by atoms with Crippen molar-refractivity contribution < 1.29 is 28.9 Å². The maximum Gasteiger partial charge on any atom is 0.573 e. The first-order chi connectivity index (χ1) is 15.4. The fourth-order valence-electron chi connectivity index (χ4n) is 3.67. The number of hydrogen-bond acceptors (Lipinski definition) is 1. The molecule has 0 amide bonds. The molecule has 0 atom stereocenters. The maximum atomic E-state index is 12.4. The fraction of sp³-hybridized carbons (Fsp3) is 0.727. The molecule has 2 fully saturated rings. The van der Waals surface area contributed by atoms with Crippen LogP contribution in [0.3, 0.4) is 0 Å². The largest absolute Gasteiger partial charge is 0.573 e. The van der Waals surface area contributed by atoms with Gasteiger partial charge in [-0.25, -0.2) is 0 Å². The molecule has 0 bridgehead atoms. The molecule has 2 aliphatic carbocycles. The summed E-state index contributed by atoms with van der Waals surface area (Å²) in [5.74, 6) is -3.53. The first-order valence-electron chi connectivity index (χ1n) is 13.2. The molecule has 146 valence electrons. The normalized spacial score (nSPS) is 42.5. The Kier molecular flexibility index (Phi) is 3.87. The quantitative estimate of drug-likeness (QED) is 0.518. The number of rotatable bonds is 5. The van der Waals surface area contributed by atoms with Gasteiger partial charge in [0.15, 0.2) is 0 Å². The van der Waals surface area contributed by atoms with Crippen LogP contribution in [0.4, 0.5) is 13.2 Å². The first kappa shape index (κ1) is 11.6. The molecule has 1 aromatic carbocycles. The van der Waals surface area contributed by atoms with E-state index in [0.717, 1.165) is 12.1 Å². The van der Waals surface area contributed by atoms with Crippen molar-refractivity contribution in [3.63, 3.8) is 0 Å². The van der Waals surface area contributed by atoms with E-state index in [9.17, 15) is 13.2 Å². The molecule has 2 aliphatic rings. The summed E-state index contributed by atoms with van der Waals surface area (Å²) in [7, 11) is 0. The fourth-order valence-corrected chi connectivity index (χ4v) is 3.67. The van der Waals surface area contributed by atoms with Gasteiger partial charge in [-0.2, -0.15) is 0 Å². The Morgan fingerprint density at radius 1 is 0.962 bits per heavy atom. The molecular formula is C22H31F3O. The number of hydrogen-bond donors (Lipinski definition) is 0. The molecule has 2 saturated carbocycles. The highest BCUT2D eigenvalue weighted by atomic mass is 19.4. The van der Waals surface area contributed by atoms with Crippen LogP contribution in [0.1, 0.15) is 93.4 Å². The summed E-state index contributed by atoms with van der Waals surface area (Å²) in [5.41, 5.74) is 0.222. The first-order valence-corrected chi connectivity index (χ1v) is 9.24. The third-order valence-electron chi connectivity index (χ3n) is 5.11. The maximum absolute atomic E-state index is 12.4. The van der Waals surface area contributed by atoms with E-state index in [4.69, 9.17) is 11.0 Å². The molecule has 0 heterocycles. The molecule has 0 unspecified atom stereocenters. The smallest absolute Gasteiger partial charge is 0.406 e. The van der Waals surface area contributed by atoms with E-state index in [0.29, 0.717) is 12.8 Å². The van der Waals surface area contributed by atoms with Crippen molar-refractivity contribution in [2.45, 2.75) is 83.2 Å². The molecule has 0 N–H and O–H groups in total. The van der Waals surface area contributed by atoms with Crippen LogP contribution in [0.2, 0.25) is 0 Å². The van der Waals surface area contributed by atoms with Gasteiger partial charge in [0.05, 0.1) is 0 Å². The summed E-state index contributed by atoms with van der Waals surface area (Å²) in [6.07, 6.45) is -11.5. The summed E-state index contributed by atoms with van der Waals surface area (Å²) < 4.78 is 110. The lowest BCUT2D eigenvalue weighted by molar-refractivity contribution is -0.274. The van der Waals surface area contributed by atoms with Crippen molar-refractivity contribution >= 4 is 0 Å². The Morgan fingerprint density at radius 2 is 1.50 bits per heavy atom. The van der Waals surface area contributed by atoms with Gasteiger partial charge in [-0.05, 0) is 79.8 Å². The second-order valence-corrected chi connectivity index (χ2v) is 7.04. The van der Waals surface area contributed by atoms with Crippen molar-refractivity contribution in [2.24, 2.45) is 17.8 Å². The minimum Gasteiger partial charge on any atom is -0.406 e. The third-order valence-corrected chi connectivity index (χ3v) is 5.11. The van der Waals surface area contributed by atoms with Crippen LogP contribution in [0.25, 0.3) is 0 Å². The predicted octanol–water partition coefficient (Wildman–Crippen LogP) is 7.47. The van der Waals surface area contributed by atoms with Gasteiger partial charge in [-0.1, -0.05) is 44.6 Å². The van der Waals surface area contributed by atoms with E-state index in [1.165, 1.54) is 12.1 Å². The Bertz CT molecular complexity index is 821. The van der Waals surface area contributed by atoms with E-state index in [2.05, 4.69) is 4.74 Å². The van der Waals surface area contributed by atoms with Gasteiger partial charge in [0.25, 0.3) is 0 Å². The standard InChI is InChI=1S/C22H31F3O/c1-2-3-16-4-6-17(7-5-16)18-8-10-19(11-9-18)20-12-14-21(15-13-20)26-22(23,24)25/h12-19H,2-11H2,1H3/i4D2,5D2,10D2,11D2. The van der Waals surface area contributed by atoms with E-state index < -0.39 is 61.3 Å². The molecule has 3 rings (SSSR count). The van der Waals surface area contributed by atoms with Gasteiger partial charge in [-0.3, -0.25) is 0 Å². The van der Waals surface area contributed by atoms with Crippen molar-refractivity contribution in [2.75, 3.05) is 0 Å². The van der Waals surface area contributed by atoms with Crippen LogP contribution >= 0.6 is 0 Å². The van der Waals surface area contributed by atoms with Crippen molar-refractivity contribution in [1.82, 2.24) is 0 Å². The van der Waals surface area contributed by atoms with Gasteiger partial charge < -0.3 is 4.74 Å². The lowest BCUT2D eigenvalue weighted by Crippen LogP contribution is -2.25. The minimum atomic E-state index is -4.87. The summed E-state index contributed by atoms with van der Waals surface area (Å²) >= 11 is 0. The molecule has 0 radical (unpaired) electrons. The van der Waals surface area contributed by atoms with Crippen LogP contribution in [0.15, 0.2) is 24.3 Å². The monoisotopic (exact) mass is 376 g/mol. The van der Waals surface area contributed by atoms with Gasteiger partial charge in [0, 0.05) is 11.0 Å². The molecule has 1 nitrogen and oxygen atoms in total. The Hall–Kier alpha value is -1.19. The molecule has 0 spiro atoms. The van der Waals surface area contributed by atoms with Crippen molar-refractivity contribution in [1.29, 1.82) is 0 Å². The second kappa shape index (κ2) is 8.67. The zero-order valence-electron chi connectivity index (χ0n) is 22.9. The highest BCUT2D eigenvalue weighted by Crippen LogP contribution is 2.44. The van der Waals surface area contributed by atoms with Crippen LogP contribution in [0, 0.1) is 17.8 Å². The molecule has 0 saturated heterocycles. The van der Waals surface area contributed by atoms with Gasteiger partial charge >= 0.3 is 6.36 Å². The van der Waals surface area contributed by atoms with E-state index in [-0.39, 0.29) is 31.2 Å². The topological polar surface area (TPSA) is 9.23 Å². The zero-order chi connectivity index (χ0) is 25.7. The molecule has 26 heavy (non-hydrogen) atoms. The molecular weight excluding hydrogens is 337 g/mol. The van der Waals surface area contributed by atoms with Crippen molar-refractivity contribution in [3.05, 3.63) is 29.8 Å². The van der Waals surface area contributed by atoms with Gasteiger partial charge in [-0.15, -0.1) is 13.2 Å². The molecule has 1 aromatic rings. The van der Waals surface area contributed by atoms with E-state index >= 15 is 0 Å². The van der Waals surface area contributed by atoms with Crippen molar-refractivity contribution in [3.8, 4) is 5.75 Å². The van der Waals surface area contributed by atoms with Crippen LogP contribution in [-0.4, -0.2) is 6.36 Å². The second-order valence-electron chi connectivity index (χ2n) is 7.04. The van der Waals surface area contributed by atoms with Crippen LogP contribution < -0.4 is 4.74 Å². The average Bonchev–Trinajstić information content (AvgIpc) is 2.62. The van der Waals surface area contributed by atoms with Gasteiger partial charge in [0.1, 0.15) is 5.75 Å². The number of alkyl halides is 3. The Labute approximate surface area is 166 Å². The van der Waals surface area contributed by atoms with Gasteiger partial charge in [0.2, 0.25) is 0 Å². The van der Waals surface area contributed by atoms with Crippen LogP contribution in [0.5, 0.6) is 5.75 Å². The zero-order valence-corrected chi connectivity index (χ0v) is 14.9. The number of halogens is 3. The van der Waals surface area contributed by atoms with E-state index in [1.807, 2.05) is 6.92 Å². The highest BCUT2D eigenvalue weighted by molar-refractivity contribution is 5.29. The summed E-state index contributed by atoms with van der Waals surface area (Å²) in [6.45, 7) is 1.88. The Morgan fingerprint density at radius 3 is 2.00 bits per heavy atom. The highest BCUT2D eigenvalue weighted by Gasteiger charge is 2.32. The van der Waals surface area contributed by atoms with Crippen LogP contribution in [-0.2, 0) is 0 Å². The SMILES string of the molecule is [2H]C1([2H])CC(C2CC([2H])([2H])C(c3ccc(OC(F)(F)F)cc3)C([2H])([2H])C2)CC([2H])([2H])C1CCC. The lowest BCUT2D eigenvalue weighted by atomic mass is 9.68. The summed E-state index contributed by atoms with van der Waals surface area (Å²) in [5, 5.41) is 0. The van der Waals surface area contributed by atoms with E-state index in [1.54, 1.807) is 0 Å². The third kappa shape index (κ3) is 5.40. The molecule has 0 aromatic heterocycles. The molecule has 0 aliphatic heterocycles. The predicted molar refractivity (Wildman–Crippen MR) is 98.2 cm³/mol. The summed E-state index contributed by atoms with van der Waals surface area (Å²) in [6, 6.07) is 4.57. The average molecular weight is 377 g/mol. The minimum absolute atomic E-state index is 0.0577. The summed E-state index contributed by atoms with van der Waals surface area (Å²) in [4.78, 5) is 0. The number of ether oxygens (including phenoxy) is 1.